The van der Waals surface area contributed by atoms with Crippen LogP contribution in [0.15, 0.2) is 78.9 Å². The normalized spacial score (nSPS) is 14.3. The highest BCUT2D eigenvalue weighted by molar-refractivity contribution is 6.03. The predicted molar refractivity (Wildman–Crippen MR) is 138 cm³/mol. The highest BCUT2D eigenvalue weighted by atomic mass is 19.4. The second-order valence-electron chi connectivity index (χ2n) is 9.46. The molecule has 1 unspecified atom stereocenters. The lowest BCUT2D eigenvalue weighted by Crippen LogP contribution is -2.18. The second kappa shape index (κ2) is 11.0. The van der Waals surface area contributed by atoms with E-state index in [1.54, 1.807) is 18.2 Å². The van der Waals surface area contributed by atoms with Gasteiger partial charge in [-0.05, 0) is 59.7 Å². The molecule has 0 bridgehead atoms. The second-order valence-corrected chi connectivity index (χ2v) is 9.46. The molecule has 4 aromatic rings. The molecular weight excluding hydrogens is 512 g/mol. The van der Waals surface area contributed by atoms with Gasteiger partial charge in [-0.1, -0.05) is 48.5 Å². The van der Waals surface area contributed by atoms with Crippen molar-refractivity contribution in [2.75, 3.05) is 11.9 Å². The SMILES string of the molecule is NCc1cccc(-n2nc(C(F)(F)F)cc2C(=O)Nc2cc(C(OCC3CC3)c3ccccc3)ccc2F)c1. The molecule has 1 fully saturated rings. The summed E-state index contributed by atoms with van der Waals surface area (Å²) in [5.74, 6) is -1.22. The largest absolute Gasteiger partial charge is 0.435 e. The summed E-state index contributed by atoms with van der Waals surface area (Å²) in [7, 11) is 0. The fourth-order valence-corrected chi connectivity index (χ4v) is 4.21. The highest BCUT2D eigenvalue weighted by Gasteiger charge is 2.36. The number of nitrogens with zero attached hydrogens (tertiary/aromatic N) is 2. The molecule has 1 amide bonds. The molecule has 1 heterocycles. The summed E-state index contributed by atoms with van der Waals surface area (Å²) in [6.07, 6.45) is -3.12. The fraction of sp³-hybridized carbons (Fsp3) is 0.241. The summed E-state index contributed by atoms with van der Waals surface area (Å²) >= 11 is 0. The molecule has 3 aromatic carbocycles. The maximum Gasteiger partial charge on any atom is 0.435 e. The van der Waals surface area contributed by atoms with Crippen LogP contribution in [0, 0.1) is 11.7 Å². The van der Waals surface area contributed by atoms with Gasteiger partial charge in [-0.3, -0.25) is 4.79 Å². The number of alkyl halides is 3. The number of anilines is 1. The number of hydrogen-bond donors (Lipinski definition) is 2. The molecule has 1 atom stereocenters. The predicted octanol–water partition coefficient (Wildman–Crippen LogP) is 6.26. The third-order valence-corrected chi connectivity index (χ3v) is 6.46. The number of hydrogen-bond acceptors (Lipinski definition) is 4. The van der Waals surface area contributed by atoms with Crippen molar-refractivity contribution in [3.05, 3.63) is 113 Å². The van der Waals surface area contributed by atoms with Crippen LogP contribution in [0.4, 0.5) is 23.2 Å². The third kappa shape index (κ3) is 6.18. The van der Waals surface area contributed by atoms with Crippen LogP contribution in [0.5, 0.6) is 0 Å². The van der Waals surface area contributed by atoms with Crippen molar-refractivity contribution in [2.45, 2.75) is 31.7 Å². The van der Waals surface area contributed by atoms with E-state index in [2.05, 4.69) is 10.4 Å². The maximum atomic E-state index is 14.9. The molecule has 1 saturated carbocycles. The van der Waals surface area contributed by atoms with Crippen molar-refractivity contribution in [3.8, 4) is 5.69 Å². The molecular formula is C29H26F4N4O2. The Labute approximate surface area is 222 Å². The highest BCUT2D eigenvalue weighted by Crippen LogP contribution is 2.35. The van der Waals surface area contributed by atoms with E-state index in [1.165, 1.54) is 24.3 Å². The summed E-state index contributed by atoms with van der Waals surface area (Å²) in [5.41, 5.74) is 6.12. The van der Waals surface area contributed by atoms with Gasteiger partial charge in [0.05, 0.1) is 18.0 Å². The standard InChI is InChI=1S/C29H26F4N4O2/c30-23-12-11-21(27(39-17-18-9-10-18)20-6-2-1-3-7-20)14-24(23)35-28(38)25-15-26(29(31,32)33)36-37(25)22-8-4-5-19(13-22)16-34/h1-8,11-15,18,27H,9-10,16-17,34H2,(H,35,38). The molecule has 1 aromatic heterocycles. The van der Waals surface area contributed by atoms with Crippen LogP contribution in [0.2, 0.25) is 0 Å². The first-order valence-electron chi connectivity index (χ1n) is 12.5. The lowest BCUT2D eigenvalue weighted by Gasteiger charge is -2.20. The number of nitrogens with two attached hydrogens (primary N) is 1. The van der Waals surface area contributed by atoms with Gasteiger partial charge < -0.3 is 15.8 Å². The van der Waals surface area contributed by atoms with Crippen LogP contribution in [0.1, 0.15) is 51.8 Å². The van der Waals surface area contributed by atoms with Crippen molar-refractivity contribution in [1.82, 2.24) is 9.78 Å². The Morgan fingerprint density at radius 2 is 1.79 bits per heavy atom. The summed E-state index contributed by atoms with van der Waals surface area (Å²) in [4.78, 5) is 13.3. The summed E-state index contributed by atoms with van der Waals surface area (Å²) in [6, 6.07) is 20.6. The molecule has 1 aliphatic rings. The van der Waals surface area contributed by atoms with Crippen molar-refractivity contribution in [3.63, 3.8) is 0 Å². The van der Waals surface area contributed by atoms with E-state index in [-0.39, 0.29) is 17.9 Å². The molecule has 0 saturated heterocycles. The molecule has 39 heavy (non-hydrogen) atoms. The number of aromatic nitrogens is 2. The van der Waals surface area contributed by atoms with Crippen LogP contribution in [-0.4, -0.2) is 22.3 Å². The van der Waals surface area contributed by atoms with E-state index in [0.29, 0.717) is 29.7 Å². The average Bonchev–Trinajstić information content (AvgIpc) is 3.64. The minimum absolute atomic E-state index is 0.145. The van der Waals surface area contributed by atoms with Crippen LogP contribution < -0.4 is 11.1 Å². The molecule has 5 rings (SSSR count). The van der Waals surface area contributed by atoms with Gasteiger partial charge in [-0.25, -0.2) is 9.07 Å². The van der Waals surface area contributed by atoms with Gasteiger partial charge in [0.2, 0.25) is 0 Å². The van der Waals surface area contributed by atoms with Gasteiger partial charge in [-0.15, -0.1) is 0 Å². The van der Waals surface area contributed by atoms with Crippen molar-refractivity contribution >= 4 is 11.6 Å². The topological polar surface area (TPSA) is 82.2 Å². The quantitative estimate of drug-likeness (QED) is 0.247. The number of ether oxygens (including phenoxy) is 1. The van der Waals surface area contributed by atoms with Crippen molar-refractivity contribution in [2.24, 2.45) is 11.7 Å². The Balaban J connectivity index is 1.48. The van der Waals surface area contributed by atoms with E-state index in [0.717, 1.165) is 23.1 Å². The monoisotopic (exact) mass is 538 g/mol. The van der Waals surface area contributed by atoms with E-state index < -0.39 is 35.4 Å². The first kappa shape index (κ1) is 26.6. The zero-order chi connectivity index (χ0) is 27.6. The molecule has 3 N–H and O–H groups in total. The number of halogens is 4. The minimum Gasteiger partial charge on any atom is -0.368 e. The average molecular weight is 539 g/mol. The summed E-state index contributed by atoms with van der Waals surface area (Å²) < 4.78 is 62.5. The van der Waals surface area contributed by atoms with Crippen LogP contribution in [-0.2, 0) is 17.5 Å². The molecule has 10 heteroatoms. The Morgan fingerprint density at radius 1 is 1.03 bits per heavy atom. The number of amides is 1. The molecule has 202 valence electrons. The van der Waals surface area contributed by atoms with Gasteiger partial charge in [0.1, 0.15) is 17.6 Å². The van der Waals surface area contributed by atoms with Gasteiger partial charge in [-0.2, -0.15) is 18.3 Å². The number of carbonyl (C=O) groups is 1. The number of nitrogens with one attached hydrogen (secondary N) is 1. The Morgan fingerprint density at radius 3 is 2.49 bits per heavy atom. The van der Waals surface area contributed by atoms with E-state index in [9.17, 15) is 22.4 Å². The van der Waals surface area contributed by atoms with E-state index in [1.807, 2.05) is 30.3 Å². The Bertz CT molecular complexity index is 1470. The minimum atomic E-state index is -4.79. The van der Waals surface area contributed by atoms with E-state index >= 15 is 0 Å². The zero-order valence-electron chi connectivity index (χ0n) is 20.8. The van der Waals surface area contributed by atoms with Gasteiger partial charge in [0.25, 0.3) is 5.91 Å². The number of carbonyl (C=O) groups excluding carboxylic acids is 1. The summed E-state index contributed by atoms with van der Waals surface area (Å²) in [6.45, 7) is 0.687. The molecule has 6 nitrogen and oxygen atoms in total. The lowest BCUT2D eigenvalue weighted by atomic mass is 10.0. The fourth-order valence-electron chi connectivity index (χ4n) is 4.21. The molecule has 0 aliphatic heterocycles. The third-order valence-electron chi connectivity index (χ3n) is 6.46. The zero-order valence-corrected chi connectivity index (χ0v) is 20.8. The molecule has 0 spiro atoms. The van der Waals surface area contributed by atoms with Gasteiger partial charge in [0.15, 0.2) is 5.69 Å². The van der Waals surface area contributed by atoms with Crippen LogP contribution in [0.3, 0.4) is 0 Å². The smallest absolute Gasteiger partial charge is 0.368 e. The van der Waals surface area contributed by atoms with Crippen molar-refractivity contribution < 1.29 is 27.1 Å². The van der Waals surface area contributed by atoms with E-state index in [4.69, 9.17) is 10.5 Å². The Kier molecular flexibility index (Phi) is 7.49. The van der Waals surface area contributed by atoms with Crippen LogP contribution >= 0.6 is 0 Å². The van der Waals surface area contributed by atoms with Crippen molar-refractivity contribution in [1.29, 1.82) is 0 Å². The van der Waals surface area contributed by atoms with Gasteiger partial charge >= 0.3 is 6.18 Å². The lowest BCUT2D eigenvalue weighted by molar-refractivity contribution is -0.141. The Hall–Kier alpha value is -4.02. The first-order chi connectivity index (χ1) is 18.7. The maximum absolute atomic E-state index is 14.9. The van der Waals surface area contributed by atoms with Gasteiger partial charge in [0, 0.05) is 12.6 Å². The van der Waals surface area contributed by atoms with Crippen LogP contribution in [0.25, 0.3) is 5.69 Å². The molecule has 1 aliphatic carbocycles. The first-order valence-corrected chi connectivity index (χ1v) is 12.5. The number of benzene rings is 3. The number of rotatable bonds is 9. The summed E-state index contributed by atoms with van der Waals surface area (Å²) in [5, 5.41) is 6.05. The molecule has 0 radical (unpaired) electrons.